The molecule has 1 aromatic carbocycles. The fourth-order valence-electron chi connectivity index (χ4n) is 3.31. The van der Waals surface area contributed by atoms with E-state index in [2.05, 4.69) is 49.1 Å². The Morgan fingerprint density at radius 1 is 1.43 bits per heavy atom. The van der Waals surface area contributed by atoms with E-state index in [0.717, 1.165) is 24.1 Å². The minimum absolute atomic E-state index is 0.0678. The van der Waals surface area contributed by atoms with Crippen LogP contribution in [-0.4, -0.2) is 28.9 Å². The minimum Gasteiger partial charge on any atom is -0.335 e. The predicted octanol–water partition coefficient (Wildman–Crippen LogP) is 3.88. The molecular formula is C18H21N2OS2+. The van der Waals surface area contributed by atoms with Gasteiger partial charge in [0.15, 0.2) is 6.04 Å². The molecule has 0 spiro atoms. The SMILES string of the molecule is CCC1C(=C(C)C=C2Sc3ccccc3N2CC)C(=O)C[N+]1=S. The van der Waals surface area contributed by atoms with E-state index in [1.807, 2.05) is 6.92 Å². The number of thioether (sulfide) groups is 1. The zero-order chi connectivity index (χ0) is 16.6. The van der Waals surface area contributed by atoms with Crippen molar-refractivity contribution in [2.45, 2.75) is 38.1 Å². The van der Waals surface area contributed by atoms with E-state index in [9.17, 15) is 4.79 Å². The second-order valence-electron chi connectivity index (χ2n) is 5.82. The first-order chi connectivity index (χ1) is 11.1. The molecule has 0 saturated carbocycles. The lowest BCUT2D eigenvalue weighted by Crippen LogP contribution is -2.18. The Morgan fingerprint density at radius 2 is 2.17 bits per heavy atom. The normalized spacial score (nSPS) is 24.6. The lowest BCUT2D eigenvalue weighted by molar-refractivity contribution is -0.505. The number of rotatable bonds is 3. The first kappa shape index (κ1) is 16.4. The summed E-state index contributed by atoms with van der Waals surface area (Å²) in [5.41, 5.74) is 3.18. The first-order valence-electron chi connectivity index (χ1n) is 8.00. The summed E-state index contributed by atoms with van der Waals surface area (Å²) in [6, 6.07) is 8.50. The molecule has 23 heavy (non-hydrogen) atoms. The third-order valence-corrected chi connectivity index (χ3v) is 5.88. The molecule has 0 bridgehead atoms. The van der Waals surface area contributed by atoms with Crippen LogP contribution in [0.3, 0.4) is 0 Å². The van der Waals surface area contributed by atoms with Crippen LogP contribution in [0.1, 0.15) is 27.2 Å². The second-order valence-corrected chi connectivity index (χ2v) is 7.35. The van der Waals surface area contributed by atoms with Crippen LogP contribution in [0, 0.1) is 0 Å². The summed E-state index contributed by atoms with van der Waals surface area (Å²) in [6.45, 7) is 7.54. The van der Waals surface area contributed by atoms with Crippen LogP contribution < -0.4 is 4.90 Å². The summed E-state index contributed by atoms with van der Waals surface area (Å²) < 4.78 is 1.74. The minimum atomic E-state index is 0.0678. The quantitative estimate of drug-likeness (QED) is 0.613. The first-order valence-corrected chi connectivity index (χ1v) is 9.18. The van der Waals surface area contributed by atoms with Gasteiger partial charge >= 0.3 is 0 Å². The van der Waals surface area contributed by atoms with Gasteiger partial charge in [0.1, 0.15) is 0 Å². The fraction of sp³-hybridized carbons (Fsp3) is 0.389. The Balaban J connectivity index is 2.00. The van der Waals surface area contributed by atoms with Crippen molar-refractivity contribution < 1.29 is 8.74 Å². The molecule has 0 aliphatic carbocycles. The van der Waals surface area contributed by atoms with Crippen molar-refractivity contribution in [3.8, 4) is 0 Å². The Hall–Kier alpha value is -1.46. The second kappa shape index (κ2) is 6.57. The van der Waals surface area contributed by atoms with E-state index in [1.165, 1.54) is 15.6 Å². The van der Waals surface area contributed by atoms with Crippen molar-refractivity contribution >= 4 is 35.7 Å². The van der Waals surface area contributed by atoms with Gasteiger partial charge in [-0.05, 0) is 37.6 Å². The maximum Gasteiger partial charge on any atom is 0.264 e. The Bertz CT molecular complexity index is 736. The number of benzene rings is 1. The lowest BCUT2D eigenvalue weighted by Gasteiger charge is -2.18. The monoisotopic (exact) mass is 345 g/mol. The zero-order valence-corrected chi connectivity index (χ0v) is 15.3. The number of anilines is 1. The molecule has 1 saturated heterocycles. The number of ketones is 1. The molecule has 1 unspecified atom stereocenters. The molecule has 1 atom stereocenters. The highest BCUT2D eigenvalue weighted by atomic mass is 32.2. The standard InChI is InChI=1S/C18H21N2OS2/c1-4-13-18(15(21)11-20(13)22)12(3)10-17-19(5-2)14-8-6-7-9-16(14)23-17/h6-10,13H,4-5,11H2,1-3H3/q+1. The molecule has 2 aliphatic heterocycles. The smallest absolute Gasteiger partial charge is 0.264 e. The van der Waals surface area contributed by atoms with Gasteiger partial charge in [-0.2, -0.15) is 0 Å². The van der Waals surface area contributed by atoms with Crippen molar-refractivity contribution in [1.29, 1.82) is 0 Å². The van der Waals surface area contributed by atoms with Crippen molar-refractivity contribution in [3.63, 3.8) is 0 Å². The molecule has 5 heteroatoms. The third kappa shape index (κ3) is 2.88. The zero-order valence-electron chi connectivity index (χ0n) is 13.7. The predicted molar refractivity (Wildman–Crippen MR) is 97.7 cm³/mol. The topological polar surface area (TPSA) is 23.3 Å². The van der Waals surface area contributed by atoms with Crippen molar-refractivity contribution in [1.82, 2.24) is 0 Å². The molecule has 3 rings (SSSR count). The number of allylic oxidation sites excluding steroid dienone is 2. The van der Waals surface area contributed by atoms with E-state index in [4.69, 9.17) is 12.4 Å². The van der Waals surface area contributed by atoms with Gasteiger partial charge < -0.3 is 4.90 Å². The van der Waals surface area contributed by atoms with E-state index < -0.39 is 0 Å². The van der Waals surface area contributed by atoms with Crippen LogP contribution in [0.2, 0.25) is 0 Å². The molecule has 2 aliphatic rings. The number of hydrogen-bond acceptors (Lipinski definition) is 4. The molecule has 1 aromatic rings. The van der Waals surface area contributed by atoms with Crippen molar-refractivity contribution in [2.75, 3.05) is 18.0 Å². The summed E-state index contributed by atoms with van der Waals surface area (Å²) in [7, 11) is 0. The third-order valence-electron chi connectivity index (χ3n) is 4.39. The van der Waals surface area contributed by atoms with Crippen LogP contribution in [-0.2, 0) is 17.2 Å². The number of carbonyl (C=O) groups excluding carboxylic acids is 1. The highest BCUT2D eigenvalue weighted by Gasteiger charge is 2.40. The molecule has 3 nitrogen and oxygen atoms in total. The molecule has 0 radical (unpaired) electrons. The highest BCUT2D eigenvalue weighted by molar-refractivity contribution is 8.03. The maximum absolute atomic E-state index is 12.3. The number of hydrogen-bond donors (Lipinski definition) is 0. The molecule has 120 valence electrons. The van der Waals surface area contributed by atoms with Crippen LogP contribution in [0.4, 0.5) is 5.69 Å². The van der Waals surface area contributed by atoms with Gasteiger partial charge in [-0.1, -0.05) is 30.8 Å². The lowest BCUT2D eigenvalue weighted by atomic mass is 9.99. The Labute approximate surface area is 147 Å². The summed E-state index contributed by atoms with van der Waals surface area (Å²) in [6.07, 6.45) is 3.02. The van der Waals surface area contributed by atoms with Gasteiger partial charge in [0, 0.05) is 17.9 Å². The summed E-state index contributed by atoms with van der Waals surface area (Å²) in [5.74, 6) is 0.171. The molecule has 0 aromatic heterocycles. The Morgan fingerprint density at radius 3 is 2.87 bits per heavy atom. The van der Waals surface area contributed by atoms with E-state index in [0.29, 0.717) is 6.54 Å². The van der Waals surface area contributed by atoms with E-state index in [-0.39, 0.29) is 11.8 Å². The van der Waals surface area contributed by atoms with Crippen molar-refractivity contribution in [3.05, 3.63) is 46.5 Å². The van der Waals surface area contributed by atoms with Crippen LogP contribution in [0.25, 0.3) is 0 Å². The van der Waals surface area contributed by atoms with Gasteiger partial charge in [0.25, 0.3) is 12.4 Å². The van der Waals surface area contributed by atoms with Crippen molar-refractivity contribution in [2.24, 2.45) is 0 Å². The van der Waals surface area contributed by atoms with Crippen LogP contribution in [0.15, 0.2) is 51.4 Å². The van der Waals surface area contributed by atoms with Crippen LogP contribution in [0.5, 0.6) is 0 Å². The van der Waals surface area contributed by atoms with E-state index >= 15 is 0 Å². The molecular weight excluding hydrogens is 324 g/mol. The molecule has 1 fully saturated rings. The average molecular weight is 346 g/mol. The van der Waals surface area contributed by atoms with Crippen LogP contribution >= 0.6 is 11.8 Å². The summed E-state index contributed by atoms with van der Waals surface area (Å²) in [4.78, 5) is 15.9. The average Bonchev–Trinajstić information content (AvgIpc) is 3.02. The highest BCUT2D eigenvalue weighted by Crippen LogP contribution is 2.46. The van der Waals surface area contributed by atoms with Gasteiger partial charge in [-0.3, -0.25) is 4.79 Å². The fourth-order valence-corrected chi connectivity index (χ4v) is 4.91. The molecule has 0 N–H and O–H groups in total. The summed E-state index contributed by atoms with van der Waals surface area (Å²) in [5, 5.41) is 1.18. The van der Waals surface area contributed by atoms with Gasteiger partial charge in [0.05, 0.1) is 16.3 Å². The largest absolute Gasteiger partial charge is 0.335 e. The number of carbonyl (C=O) groups is 1. The number of nitrogens with zero attached hydrogens (tertiary/aromatic N) is 2. The molecule has 0 amide bonds. The number of Topliss-reactive ketones (excluding diaryl/α,β-unsaturated/α-hetero) is 1. The van der Waals surface area contributed by atoms with Gasteiger partial charge in [0.2, 0.25) is 12.3 Å². The van der Waals surface area contributed by atoms with Gasteiger partial charge in [-0.25, -0.2) is 0 Å². The molecule has 2 heterocycles. The Kier molecular flexibility index (Phi) is 4.69. The maximum atomic E-state index is 12.3. The number of para-hydroxylation sites is 1. The van der Waals surface area contributed by atoms with Gasteiger partial charge in [-0.15, -0.1) is 3.95 Å². The number of fused-ring (bicyclic) bond motifs is 1. The van der Waals surface area contributed by atoms with E-state index in [1.54, 1.807) is 15.7 Å². The summed E-state index contributed by atoms with van der Waals surface area (Å²) >= 11 is 7.09.